The summed E-state index contributed by atoms with van der Waals surface area (Å²) in [6.45, 7) is 2.72. The molecule has 0 saturated heterocycles. The number of hydrogen-bond donors (Lipinski definition) is 0. The third-order valence-electron chi connectivity index (χ3n) is 3.02. The van der Waals surface area contributed by atoms with Crippen LogP contribution < -0.4 is 4.74 Å². The molecule has 0 spiro atoms. The van der Waals surface area contributed by atoms with Crippen LogP contribution in [0.25, 0.3) is 0 Å². The van der Waals surface area contributed by atoms with Gasteiger partial charge in [0.2, 0.25) is 0 Å². The summed E-state index contributed by atoms with van der Waals surface area (Å²) in [6, 6.07) is 12.3. The van der Waals surface area contributed by atoms with Gasteiger partial charge in [-0.1, -0.05) is 36.2 Å². The van der Waals surface area contributed by atoms with E-state index in [4.69, 9.17) is 27.9 Å². The Morgan fingerprint density at radius 3 is 2.43 bits per heavy atom. The normalized spacial score (nSPS) is 10.4. The van der Waals surface area contributed by atoms with Crippen molar-refractivity contribution in [3.05, 3.63) is 63.6 Å². The second kappa shape index (κ2) is 7.48. The van der Waals surface area contributed by atoms with Crippen LogP contribution in [0.1, 0.15) is 29.3 Å². The molecule has 4 heteroatoms. The molecule has 0 atom stereocenters. The smallest absolute Gasteiger partial charge is 0.167 e. The molecule has 0 aliphatic rings. The minimum atomic E-state index is 0.0151. The van der Waals surface area contributed by atoms with Crippen LogP contribution in [0.4, 0.5) is 0 Å². The van der Waals surface area contributed by atoms with E-state index in [0.717, 1.165) is 17.7 Å². The van der Waals surface area contributed by atoms with Crippen molar-refractivity contribution in [2.75, 3.05) is 6.61 Å². The summed E-state index contributed by atoms with van der Waals surface area (Å²) in [5.74, 6) is 0.791. The van der Waals surface area contributed by atoms with E-state index in [-0.39, 0.29) is 12.2 Å². The average Bonchev–Trinajstić information content (AvgIpc) is 2.48. The number of ketones is 1. The van der Waals surface area contributed by atoms with Gasteiger partial charge in [-0.25, -0.2) is 0 Å². The predicted octanol–water partition coefficient (Wildman–Crippen LogP) is 5.21. The highest BCUT2D eigenvalue weighted by atomic mass is 35.5. The van der Waals surface area contributed by atoms with Crippen molar-refractivity contribution in [2.45, 2.75) is 19.8 Å². The Morgan fingerprint density at radius 2 is 1.81 bits per heavy atom. The molecule has 0 aliphatic heterocycles. The largest absolute Gasteiger partial charge is 0.494 e. The van der Waals surface area contributed by atoms with Gasteiger partial charge in [0.25, 0.3) is 0 Å². The lowest BCUT2D eigenvalue weighted by atomic mass is 10.0. The Kier molecular flexibility index (Phi) is 5.66. The van der Waals surface area contributed by atoms with E-state index >= 15 is 0 Å². The first-order valence-electron chi connectivity index (χ1n) is 6.80. The molecule has 110 valence electrons. The van der Waals surface area contributed by atoms with E-state index in [1.54, 1.807) is 30.3 Å². The topological polar surface area (TPSA) is 26.3 Å². The highest BCUT2D eigenvalue weighted by Crippen LogP contribution is 2.23. The number of hydrogen-bond acceptors (Lipinski definition) is 2. The summed E-state index contributed by atoms with van der Waals surface area (Å²) in [7, 11) is 0. The number of rotatable bonds is 6. The molecule has 2 rings (SSSR count). The zero-order valence-corrected chi connectivity index (χ0v) is 13.2. The van der Waals surface area contributed by atoms with Crippen molar-refractivity contribution in [1.29, 1.82) is 0 Å². The van der Waals surface area contributed by atoms with E-state index < -0.39 is 0 Å². The molecule has 2 aromatic rings. The molecule has 2 nitrogen and oxygen atoms in total. The highest BCUT2D eigenvalue weighted by Gasteiger charge is 2.10. The SMILES string of the molecule is CCCOc1ccc(C(=O)Cc2ccc(Cl)cc2Cl)cc1. The molecule has 0 heterocycles. The van der Waals surface area contributed by atoms with Gasteiger partial charge in [0, 0.05) is 22.0 Å². The third kappa shape index (κ3) is 4.48. The van der Waals surface area contributed by atoms with Gasteiger partial charge in [-0.2, -0.15) is 0 Å². The predicted molar refractivity (Wildman–Crippen MR) is 86.7 cm³/mol. The van der Waals surface area contributed by atoms with Crippen LogP contribution in [0.2, 0.25) is 10.0 Å². The lowest BCUT2D eigenvalue weighted by molar-refractivity contribution is 0.0993. The van der Waals surface area contributed by atoms with E-state index in [0.29, 0.717) is 22.2 Å². The average molecular weight is 323 g/mol. The Bertz CT molecular complexity index is 621. The monoisotopic (exact) mass is 322 g/mol. The fourth-order valence-electron chi connectivity index (χ4n) is 1.90. The van der Waals surface area contributed by atoms with Crippen LogP contribution in [0.3, 0.4) is 0 Å². The van der Waals surface area contributed by atoms with Crippen LogP contribution in [-0.2, 0) is 6.42 Å². The third-order valence-corrected chi connectivity index (χ3v) is 3.60. The van der Waals surface area contributed by atoms with Gasteiger partial charge in [-0.05, 0) is 48.4 Å². The Hall–Kier alpha value is -1.51. The first-order valence-corrected chi connectivity index (χ1v) is 7.55. The highest BCUT2D eigenvalue weighted by molar-refractivity contribution is 6.35. The number of ether oxygens (including phenoxy) is 1. The molecule has 0 aliphatic carbocycles. The van der Waals surface area contributed by atoms with Crippen molar-refractivity contribution >= 4 is 29.0 Å². The van der Waals surface area contributed by atoms with Crippen LogP contribution >= 0.6 is 23.2 Å². The fraction of sp³-hybridized carbons (Fsp3) is 0.235. The number of carbonyl (C=O) groups excluding carboxylic acids is 1. The Labute approximate surface area is 134 Å². The van der Waals surface area contributed by atoms with Crippen molar-refractivity contribution in [3.8, 4) is 5.75 Å². The quantitative estimate of drug-likeness (QED) is 0.682. The molecule has 0 aromatic heterocycles. The fourth-order valence-corrected chi connectivity index (χ4v) is 2.37. The Morgan fingerprint density at radius 1 is 1.10 bits per heavy atom. The lowest BCUT2D eigenvalue weighted by Crippen LogP contribution is -2.04. The number of benzene rings is 2. The number of halogens is 2. The van der Waals surface area contributed by atoms with Gasteiger partial charge in [-0.3, -0.25) is 4.79 Å². The second-order valence-corrected chi connectivity index (χ2v) is 5.55. The van der Waals surface area contributed by atoms with Gasteiger partial charge in [-0.15, -0.1) is 0 Å². The molecular formula is C17H16Cl2O2. The maximum Gasteiger partial charge on any atom is 0.167 e. The zero-order chi connectivity index (χ0) is 15.2. The molecule has 0 fully saturated rings. The van der Waals surface area contributed by atoms with Gasteiger partial charge < -0.3 is 4.74 Å². The minimum absolute atomic E-state index is 0.0151. The van der Waals surface area contributed by atoms with Crippen LogP contribution in [-0.4, -0.2) is 12.4 Å². The molecular weight excluding hydrogens is 307 g/mol. The van der Waals surface area contributed by atoms with Crippen LogP contribution in [0.5, 0.6) is 5.75 Å². The van der Waals surface area contributed by atoms with Crippen molar-refractivity contribution < 1.29 is 9.53 Å². The van der Waals surface area contributed by atoms with E-state index in [2.05, 4.69) is 0 Å². The summed E-state index contributed by atoms with van der Waals surface area (Å²) in [4.78, 5) is 12.2. The summed E-state index contributed by atoms with van der Waals surface area (Å²) in [5.41, 5.74) is 1.42. The number of Topliss-reactive ketones (excluding diaryl/α,β-unsaturated/α-hetero) is 1. The van der Waals surface area contributed by atoms with Crippen molar-refractivity contribution in [3.63, 3.8) is 0 Å². The molecule has 0 bridgehead atoms. The first-order chi connectivity index (χ1) is 10.1. The molecule has 0 unspecified atom stereocenters. The molecule has 0 N–H and O–H groups in total. The van der Waals surface area contributed by atoms with Crippen molar-refractivity contribution in [2.24, 2.45) is 0 Å². The maximum atomic E-state index is 12.2. The lowest BCUT2D eigenvalue weighted by Gasteiger charge is -2.07. The number of carbonyl (C=O) groups is 1. The Balaban J connectivity index is 2.06. The van der Waals surface area contributed by atoms with Crippen molar-refractivity contribution in [1.82, 2.24) is 0 Å². The van der Waals surface area contributed by atoms with Gasteiger partial charge in [0.1, 0.15) is 5.75 Å². The molecule has 0 saturated carbocycles. The van der Waals surface area contributed by atoms with Crippen LogP contribution in [0.15, 0.2) is 42.5 Å². The molecule has 2 aromatic carbocycles. The second-order valence-electron chi connectivity index (χ2n) is 4.71. The summed E-state index contributed by atoms with van der Waals surface area (Å²) in [6.07, 6.45) is 1.21. The summed E-state index contributed by atoms with van der Waals surface area (Å²) in [5, 5.41) is 1.08. The van der Waals surface area contributed by atoms with E-state index in [1.807, 2.05) is 19.1 Å². The molecule has 0 radical (unpaired) electrons. The van der Waals surface area contributed by atoms with E-state index in [9.17, 15) is 4.79 Å². The summed E-state index contributed by atoms with van der Waals surface area (Å²) < 4.78 is 5.49. The summed E-state index contributed by atoms with van der Waals surface area (Å²) >= 11 is 11.9. The minimum Gasteiger partial charge on any atom is -0.494 e. The van der Waals surface area contributed by atoms with Gasteiger partial charge >= 0.3 is 0 Å². The van der Waals surface area contributed by atoms with Gasteiger partial charge in [0.05, 0.1) is 6.61 Å². The molecule has 21 heavy (non-hydrogen) atoms. The molecule has 0 amide bonds. The first kappa shape index (κ1) is 15.9. The standard InChI is InChI=1S/C17H16Cl2O2/c1-2-9-21-15-7-4-12(5-8-15)17(20)10-13-3-6-14(18)11-16(13)19/h3-8,11H,2,9-10H2,1H3. The van der Waals surface area contributed by atoms with E-state index in [1.165, 1.54) is 0 Å². The maximum absolute atomic E-state index is 12.2. The van der Waals surface area contributed by atoms with Crippen LogP contribution in [0, 0.1) is 0 Å². The zero-order valence-electron chi connectivity index (χ0n) is 11.7. The van der Waals surface area contributed by atoms with Gasteiger partial charge in [0.15, 0.2) is 5.78 Å².